The van der Waals surface area contributed by atoms with Gasteiger partial charge in [-0.15, -0.1) is 0 Å². The molecule has 0 fully saturated rings. The highest BCUT2D eigenvalue weighted by atomic mass is 15.2. The van der Waals surface area contributed by atoms with Crippen molar-refractivity contribution < 1.29 is 0 Å². The average Bonchev–Trinajstić information content (AvgIpc) is 2.41. The van der Waals surface area contributed by atoms with Gasteiger partial charge in [0.05, 0.1) is 6.54 Å². The zero-order chi connectivity index (χ0) is 15.7. The fourth-order valence-electron chi connectivity index (χ4n) is 2.00. The van der Waals surface area contributed by atoms with Crippen molar-refractivity contribution in [3.63, 3.8) is 0 Å². The molecule has 0 saturated heterocycles. The monoisotopic (exact) mass is 290 g/mol. The minimum atomic E-state index is 0.609. The highest BCUT2D eigenvalue weighted by molar-refractivity contribution is 5.79. The molecular weight excluding hydrogens is 260 g/mol. The number of nitrogens with one attached hydrogen (secondary N) is 2. The van der Waals surface area contributed by atoms with Crippen LogP contribution in [0.3, 0.4) is 0 Å². The zero-order valence-electron chi connectivity index (χ0n) is 14.1. The minimum Gasteiger partial charge on any atom is -0.357 e. The van der Waals surface area contributed by atoms with Crippen LogP contribution in [0, 0.1) is 5.92 Å². The molecule has 1 aromatic rings. The Balaban J connectivity index is 2.66. The molecule has 2 N–H and O–H groups in total. The van der Waals surface area contributed by atoms with Gasteiger partial charge < -0.3 is 15.5 Å². The van der Waals surface area contributed by atoms with Crippen molar-refractivity contribution >= 4 is 5.96 Å². The summed E-state index contributed by atoms with van der Waals surface area (Å²) >= 11 is 0. The third-order valence-electron chi connectivity index (χ3n) is 2.93. The zero-order valence-corrected chi connectivity index (χ0v) is 14.1. The van der Waals surface area contributed by atoms with Crippen molar-refractivity contribution in [2.24, 2.45) is 10.9 Å². The predicted molar refractivity (Wildman–Crippen MR) is 91.5 cm³/mol. The van der Waals surface area contributed by atoms with Crippen LogP contribution in [0.25, 0.3) is 0 Å². The van der Waals surface area contributed by atoms with Gasteiger partial charge in [0.15, 0.2) is 5.96 Å². The minimum absolute atomic E-state index is 0.609. The maximum atomic E-state index is 4.66. The van der Waals surface area contributed by atoms with Crippen molar-refractivity contribution in [2.75, 3.05) is 27.2 Å². The van der Waals surface area contributed by atoms with Crippen molar-refractivity contribution in [3.8, 4) is 0 Å². The summed E-state index contributed by atoms with van der Waals surface area (Å²) in [6.45, 7) is 9.96. The van der Waals surface area contributed by atoms with Gasteiger partial charge in [-0.3, -0.25) is 0 Å². The first-order valence-electron chi connectivity index (χ1n) is 7.76. The van der Waals surface area contributed by atoms with Crippen molar-refractivity contribution in [2.45, 2.75) is 33.9 Å². The molecular formula is C17H30N4. The van der Waals surface area contributed by atoms with Crippen LogP contribution in [0.2, 0.25) is 0 Å². The summed E-state index contributed by atoms with van der Waals surface area (Å²) in [7, 11) is 4.17. The largest absolute Gasteiger partial charge is 0.357 e. The summed E-state index contributed by atoms with van der Waals surface area (Å²) in [6, 6.07) is 8.64. The summed E-state index contributed by atoms with van der Waals surface area (Å²) in [5.41, 5.74) is 2.57. The second-order valence-corrected chi connectivity index (χ2v) is 6.03. The Labute approximate surface area is 129 Å². The van der Waals surface area contributed by atoms with E-state index in [4.69, 9.17) is 0 Å². The van der Waals surface area contributed by atoms with Gasteiger partial charge in [-0.2, -0.15) is 0 Å². The molecule has 0 spiro atoms. The molecule has 4 heteroatoms. The van der Waals surface area contributed by atoms with Crippen LogP contribution in [0.4, 0.5) is 0 Å². The first kappa shape index (κ1) is 17.5. The second kappa shape index (κ2) is 9.40. The third-order valence-corrected chi connectivity index (χ3v) is 2.93. The number of hydrogen-bond acceptors (Lipinski definition) is 2. The van der Waals surface area contributed by atoms with Gasteiger partial charge >= 0.3 is 0 Å². The molecule has 0 aliphatic heterocycles. The Morgan fingerprint density at radius 2 is 1.90 bits per heavy atom. The SMILES string of the molecule is CCNC(=NCc1cccc(CN(C)C)c1)NCC(C)C. The smallest absolute Gasteiger partial charge is 0.191 e. The first-order chi connectivity index (χ1) is 10.0. The van der Waals surface area contributed by atoms with E-state index in [2.05, 4.69) is 79.7 Å². The number of rotatable bonds is 7. The van der Waals surface area contributed by atoms with Gasteiger partial charge in [0.1, 0.15) is 0 Å². The molecule has 21 heavy (non-hydrogen) atoms. The molecule has 0 saturated carbocycles. The van der Waals surface area contributed by atoms with Crippen molar-refractivity contribution in [1.29, 1.82) is 0 Å². The summed E-state index contributed by atoms with van der Waals surface area (Å²) < 4.78 is 0. The summed E-state index contributed by atoms with van der Waals surface area (Å²) in [5, 5.41) is 6.65. The van der Waals surface area contributed by atoms with Crippen LogP contribution in [-0.2, 0) is 13.1 Å². The maximum Gasteiger partial charge on any atom is 0.191 e. The molecule has 0 radical (unpaired) electrons. The molecule has 0 atom stereocenters. The molecule has 0 aromatic heterocycles. The number of guanidine groups is 1. The molecule has 4 nitrogen and oxygen atoms in total. The number of aliphatic imine (C=N–C) groups is 1. The fourth-order valence-corrected chi connectivity index (χ4v) is 2.00. The number of hydrogen-bond donors (Lipinski definition) is 2. The van der Waals surface area contributed by atoms with E-state index in [9.17, 15) is 0 Å². The number of benzene rings is 1. The molecule has 0 bridgehead atoms. The van der Waals surface area contributed by atoms with Crippen LogP contribution in [0.5, 0.6) is 0 Å². The lowest BCUT2D eigenvalue weighted by Gasteiger charge is -2.13. The van der Waals surface area contributed by atoms with Gasteiger partial charge in [0.25, 0.3) is 0 Å². The van der Waals surface area contributed by atoms with Crippen LogP contribution in [0.15, 0.2) is 29.3 Å². The van der Waals surface area contributed by atoms with E-state index >= 15 is 0 Å². The Morgan fingerprint density at radius 1 is 1.19 bits per heavy atom. The van der Waals surface area contributed by atoms with Gasteiger partial charge in [0.2, 0.25) is 0 Å². The fraction of sp³-hybridized carbons (Fsp3) is 0.588. The first-order valence-corrected chi connectivity index (χ1v) is 7.76. The Kier molecular flexibility index (Phi) is 7.83. The summed E-state index contributed by atoms with van der Waals surface area (Å²) in [6.07, 6.45) is 0. The second-order valence-electron chi connectivity index (χ2n) is 6.03. The van der Waals surface area contributed by atoms with E-state index in [-0.39, 0.29) is 0 Å². The molecule has 0 aliphatic carbocycles. The van der Waals surface area contributed by atoms with E-state index in [0.29, 0.717) is 12.5 Å². The van der Waals surface area contributed by atoms with E-state index in [1.165, 1.54) is 11.1 Å². The van der Waals surface area contributed by atoms with Gasteiger partial charge in [0, 0.05) is 19.6 Å². The van der Waals surface area contributed by atoms with Crippen LogP contribution >= 0.6 is 0 Å². The normalized spacial score (nSPS) is 12.0. The Bertz CT molecular complexity index is 438. The van der Waals surface area contributed by atoms with Crippen molar-refractivity contribution in [3.05, 3.63) is 35.4 Å². The van der Waals surface area contributed by atoms with E-state index in [1.807, 2.05) is 0 Å². The molecule has 118 valence electrons. The highest BCUT2D eigenvalue weighted by Gasteiger charge is 2.01. The Morgan fingerprint density at radius 3 is 2.52 bits per heavy atom. The molecule has 0 heterocycles. The molecule has 0 unspecified atom stereocenters. The standard InChI is InChI=1S/C17H30N4/c1-6-18-17(19-11-14(2)3)20-12-15-8-7-9-16(10-15)13-21(4)5/h7-10,14H,6,11-13H2,1-5H3,(H2,18,19,20). The highest BCUT2D eigenvalue weighted by Crippen LogP contribution is 2.08. The van der Waals surface area contributed by atoms with Crippen LogP contribution < -0.4 is 10.6 Å². The average molecular weight is 290 g/mol. The topological polar surface area (TPSA) is 39.7 Å². The summed E-state index contributed by atoms with van der Waals surface area (Å²) in [4.78, 5) is 6.83. The number of nitrogens with zero attached hydrogens (tertiary/aromatic N) is 2. The molecule has 0 aliphatic rings. The van der Waals surface area contributed by atoms with E-state index < -0.39 is 0 Å². The summed E-state index contributed by atoms with van der Waals surface area (Å²) in [5.74, 6) is 1.50. The third kappa shape index (κ3) is 7.71. The lowest BCUT2D eigenvalue weighted by molar-refractivity contribution is 0.402. The van der Waals surface area contributed by atoms with E-state index in [1.54, 1.807) is 0 Å². The van der Waals surface area contributed by atoms with Crippen molar-refractivity contribution in [1.82, 2.24) is 15.5 Å². The van der Waals surface area contributed by atoms with Gasteiger partial charge in [-0.25, -0.2) is 4.99 Å². The van der Waals surface area contributed by atoms with Gasteiger partial charge in [-0.05, 0) is 38.1 Å². The predicted octanol–water partition coefficient (Wildman–Crippen LogP) is 2.46. The molecule has 1 aromatic carbocycles. The molecule has 0 amide bonds. The maximum absolute atomic E-state index is 4.66. The Hall–Kier alpha value is -1.55. The van der Waals surface area contributed by atoms with E-state index in [0.717, 1.165) is 25.6 Å². The molecule has 1 rings (SSSR count). The lowest BCUT2D eigenvalue weighted by atomic mass is 10.1. The van der Waals surface area contributed by atoms with Gasteiger partial charge in [-0.1, -0.05) is 38.1 Å². The quantitative estimate of drug-likeness (QED) is 0.598. The van der Waals surface area contributed by atoms with Crippen LogP contribution in [-0.4, -0.2) is 38.0 Å². The van der Waals surface area contributed by atoms with Crippen LogP contribution in [0.1, 0.15) is 31.9 Å². The lowest BCUT2D eigenvalue weighted by Crippen LogP contribution is -2.39.